The Labute approximate surface area is 61.8 Å². The van der Waals surface area contributed by atoms with Crippen molar-refractivity contribution in [2.45, 2.75) is 38.6 Å². The molecule has 0 bridgehead atoms. The summed E-state index contributed by atoms with van der Waals surface area (Å²) in [6, 6.07) is 0. The van der Waals surface area contributed by atoms with Crippen LogP contribution < -0.4 is 11.5 Å². The van der Waals surface area contributed by atoms with E-state index in [9.17, 15) is 4.79 Å². The molecule has 1 atom stereocenters. The smallest absolute Gasteiger partial charge is 0.278 e. The summed E-state index contributed by atoms with van der Waals surface area (Å²) in [5.74, 6) is -0.305. The summed E-state index contributed by atoms with van der Waals surface area (Å²) in [5.41, 5.74) is 8.28. The molecule has 0 heterocycles. The average molecular weight is 145 g/mol. The fourth-order valence-corrected chi connectivity index (χ4v) is 0.690. The first kappa shape index (κ1) is 9.43. The summed E-state index contributed by atoms with van der Waals surface area (Å²) in [7, 11) is 0. The number of rotatable bonds is 4. The van der Waals surface area contributed by atoms with E-state index in [1.54, 1.807) is 6.92 Å². The molecule has 0 saturated heterocycles. The number of unbranched alkanes of at least 4 members (excludes halogenated alkanes) is 1. The highest BCUT2D eigenvalue weighted by Crippen LogP contribution is 2.06. The molecule has 0 rings (SSSR count). The molecule has 0 aliphatic carbocycles. The minimum atomic E-state index is -0.560. The highest BCUT2D eigenvalue weighted by atomic mass is 16.1. The molecule has 1 amide bonds. The SMILES string of the molecule is CCCCC(C)([NH3+])C(N)=O. The molecule has 60 valence electrons. The van der Waals surface area contributed by atoms with E-state index in [4.69, 9.17) is 5.73 Å². The van der Waals surface area contributed by atoms with E-state index in [0.29, 0.717) is 0 Å². The first-order chi connectivity index (χ1) is 4.50. The Balaban J connectivity index is 3.75. The van der Waals surface area contributed by atoms with Crippen LogP contribution in [-0.2, 0) is 4.79 Å². The van der Waals surface area contributed by atoms with Gasteiger partial charge in [0.1, 0.15) is 0 Å². The highest BCUT2D eigenvalue weighted by Gasteiger charge is 2.28. The molecule has 3 nitrogen and oxygen atoms in total. The molecule has 0 aromatic carbocycles. The van der Waals surface area contributed by atoms with Crippen LogP contribution in [0.4, 0.5) is 0 Å². The molecule has 0 aromatic rings. The van der Waals surface area contributed by atoms with Gasteiger partial charge in [-0.15, -0.1) is 0 Å². The zero-order chi connectivity index (χ0) is 8.20. The maximum atomic E-state index is 10.7. The van der Waals surface area contributed by atoms with Crippen LogP contribution in [0, 0.1) is 0 Å². The quantitative estimate of drug-likeness (QED) is 0.558. The van der Waals surface area contributed by atoms with E-state index < -0.39 is 5.54 Å². The molecular formula is C7H17N2O+. The van der Waals surface area contributed by atoms with Crippen molar-refractivity contribution in [1.82, 2.24) is 0 Å². The van der Waals surface area contributed by atoms with Gasteiger partial charge in [0, 0.05) is 6.42 Å². The van der Waals surface area contributed by atoms with Crippen molar-refractivity contribution < 1.29 is 10.5 Å². The molecule has 10 heavy (non-hydrogen) atoms. The van der Waals surface area contributed by atoms with Gasteiger partial charge in [-0.05, 0) is 13.3 Å². The lowest BCUT2D eigenvalue weighted by atomic mass is 9.96. The number of amides is 1. The van der Waals surface area contributed by atoms with E-state index in [1.165, 1.54) is 0 Å². The second-order valence-electron chi connectivity index (χ2n) is 3.03. The Kier molecular flexibility index (Phi) is 3.36. The lowest BCUT2D eigenvalue weighted by Crippen LogP contribution is -2.76. The number of quaternary nitrogens is 1. The molecule has 0 fully saturated rings. The van der Waals surface area contributed by atoms with Crippen LogP contribution in [-0.4, -0.2) is 11.4 Å². The van der Waals surface area contributed by atoms with Gasteiger partial charge in [-0.3, -0.25) is 4.79 Å². The molecule has 3 heteroatoms. The van der Waals surface area contributed by atoms with Crippen molar-refractivity contribution in [2.75, 3.05) is 0 Å². The average Bonchev–Trinajstić information content (AvgIpc) is 1.84. The van der Waals surface area contributed by atoms with Gasteiger partial charge < -0.3 is 11.5 Å². The predicted molar refractivity (Wildman–Crippen MR) is 40.0 cm³/mol. The molecule has 1 unspecified atom stereocenters. The Morgan fingerprint density at radius 1 is 1.70 bits per heavy atom. The van der Waals surface area contributed by atoms with Gasteiger partial charge in [-0.25, -0.2) is 0 Å². The topological polar surface area (TPSA) is 70.7 Å². The normalized spacial score (nSPS) is 16.3. The molecule has 0 aliphatic rings. The Hall–Kier alpha value is -0.570. The zero-order valence-corrected chi connectivity index (χ0v) is 6.81. The third kappa shape index (κ3) is 2.82. The van der Waals surface area contributed by atoms with Crippen molar-refractivity contribution in [1.29, 1.82) is 0 Å². The van der Waals surface area contributed by atoms with Gasteiger partial charge in [0.25, 0.3) is 5.91 Å². The molecular weight excluding hydrogens is 128 g/mol. The highest BCUT2D eigenvalue weighted by molar-refractivity contribution is 5.82. The van der Waals surface area contributed by atoms with E-state index in [1.807, 2.05) is 0 Å². The number of carbonyl (C=O) groups is 1. The molecule has 0 aromatic heterocycles. The van der Waals surface area contributed by atoms with Crippen molar-refractivity contribution in [3.05, 3.63) is 0 Å². The summed E-state index contributed by atoms with van der Waals surface area (Å²) in [6.45, 7) is 3.86. The molecule has 0 aliphatic heterocycles. The monoisotopic (exact) mass is 145 g/mol. The van der Waals surface area contributed by atoms with Crippen molar-refractivity contribution >= 4 is 5.91 Å². The van der Waals surface area contributed by atoms with Gasteiger partial charge in [0.05, 0.1) is 0 Å². The fraction of sp³-hybridized carbons (Fsp3) is 0.857. The zero-order valence-electron chi connectivity index (χ0n) is 6.81. The number of hydrogen-bond acceptors (Lipinski definition) is 1. The Morgan fingerprint density at radius 2 is 2.20 bits per heavy atom. The standard InChI is InChI=1S/C7H16N2O/c1-3-4-5-7(2,9)6(8)10/h3-5,9H2,1-2H3,(H2,8,10)/p+1. The summed E-state index contributed by atoms with van der Waals surface area (Å²) in [6.07, 6.45) is 2.89. The van der Waals surface area contributed by atoms with E-state index >= 15 is 0 Å². The van der Waals surface area contributed by atoms with Crippen LogP contribution in [0.5, 0.6) is 0 Å². The van der Waals surface area contributed by atoms with Crippen molar-refractivity contribution in [2.24, 2.45) is 5.73 Å². The molecule has 0 saturated carbocycles. The number of nitrogens with two attached hydrogens (primary N) is 1. The fourth-order valence-electron chi connectivity index (χ4n) is 0.690. The number of primary amides is 1. The lowest BCUT2D eigenvalue weighted by Gasteiger charge is -2.15. The summed E-state index contributed by atoms with van der Waals surface area (Å²) in [4.78, 5) is 10.7. The molecule has 0 spiro atoms. The second-order valence-corrected chi connectivity index (χ2v) is 3.03. The minimum Gasteiger partial charge on any atom is -0.364 e. The minimum absolute atomic E-state index is 0.305. The van der Waals surface area contributed by atoms with Gasteiger partial charge in [-0.2, -0.15) is 0 Å². The molecule has 0 radical (unpaired) electrons. The van der Waals surface area contributed by atoms with Gasteiger partial charge in [0.15, 0.2) is 5.54 Å². The van der Waals surface area contributed by atoms with E-state index in [0.717, 1.165) is 19.3 Å². The first-order valence-electron chi connectivity index (χ1n) is 3.66. The van der Waals surface area contributed by atoms with Crippen LogP contribution in [0.1, 0.15) is 33.1 Å². The van der Waals surface area contributed by atoms with Crippen LogP contribution in [0.2, 0.25) is 0 Å². The lowest BCUT2D eigenvalue weighted by molar-refractivity contribution is -0.453. The van der Waals surface area contributed by atoms with Gasteiger partial charge in [-0.1, -0.05) is 13.3 Å². The third-order valence-electron chi connectivity index (χ3n) is 1.68. The predicted octanol–water partition coefficient (Wildman–Crippen LogP) is -0.337. The Bertz CT molecular complexity index is 121. The summed E-state index contributed by atoms with van der Waals surface area (Å²) in [5, 5.41) is 0. The Morgan fingerprint density at radius 3 is 2.50 bits per heavy atom. The maximum absolute atomic E-state index is 10.7. The van der Waals surface area contributed by atoms with Crippen LogP contribution in [0.15, 0.2) is 0 Å². The second kappa shape index (κ2) is 3.56. The number of carbonyl (C=O) groups excluding carboxylic acids is 1. The largest absolute Gasteiger partial charge is 0.364 e. The summed E-state index contributed by atoms with van der Waals surface area (Å²) < 4.78 is 0. The van der Waals surface area contributed by atoms with Crippen LogP contribution in [0.3, 0.4) is 0 Å². The number of hydrogen-bond donors (Lipinski definition) is 2. The maximum Gasteiger partial charge on any atom is 0.278 e. The molecule has 5 N–H and O–H groups in total. The van der Waals surface area contributed by atoms with E-state index in [-0.39, 0.29) is 5.91 Å². The van der Waals surface area contributed by atoms with Crippen molar-refractivity contribution in [3.63, 3.8) is 0 Å². The summed E-state index contributed by atoms with van der Waals surface area (Å²) >= 11 is 0. The third-order valence-corrected chi connectivity index (χ3v) is 1.68. The first-order valence-corrected chi connectivity index (χ1v) is 3.66. The van der Waals surface area contributed by atoms with Crippen LogP contribution in [0.25, 0.3) is 0 Å². The van der Waals surface area contributed by atoms with Gasteiger partial charge >= 0.3 is 0 Å². The van der Waals surface area contributed by atoms with Crippen LogP contribution >= 0.6 is 0 Å². The van der Waals surface area contributed by atoms with Crippen molar-refractivity contribution in [3.8, 4) is 0 Å². The van der Waals surface area contributed by atoms with Gasteiger partial charge in [0.2, 0.25) is 0 Å². The van der Waals surface area contributed by atoms with E-state index in [2.05, 4.69) is 12.7 Å².